The van der Waals surface area contributed by atoms with Gasteiger partial charge in [0, 0.05) is 6.20 Å². The van der Waals surface area contributed by atoms with Crippen molar-refractivity contribution < 1.29 is 33.3 Å². The van der Waals surface area contributed by atoms with Gasteiger partial charge in [-0.05, 0) is 23.7 Å². The number of amides is 1. The second-order valence-electron chi connectivity index (χ2n) is 4.70. The van der Waals surface area contributed by atoms with Crippen LogP contribution in [0.15, 0.2) is 42.2 Å². The molecule has 2 rings (SSSR count). The van der Waals surface area contributed by atoms with Gasteiger partial charge in [-0.15, -0.1) is 0 Å². The zero-order valence-corrected chi connectivity index (χ0v) is 13.3. The summed E-state index contributed by atoms with van der Waals surface area (Å²) in [6.07, 6.45) is -4.27. The van der Waals surface area contributed by atoms with Crippen molar-refractivity contribution in [3.05, 3.63) is 53.0 Å². The molecular formula is C14H10ClF3N4O4. The molecule has 5 N–H and O–H groups in total. The fourth-order valence-corrected chi connectivity index (χ4v) is 1.91. The highest BCUT2D eigenvalue weighted by molar-refractivity contribution is 6.28. The van der Waals surface area contributed by atoms with Crippen molar-refractivity contribution in [3.8, 4) is 0 Å². The Kier molecular flexibility index (Phi) is 5.41. The molecule has 0 spiro atoms. The van der Waals surface area contributed by atoms with Crippen molar-refractivity contribution in [1.29, 1.82) is 0 Å². The lowest BCUT2D eigenvalue weighted by atomic mass is 10.2. The summed E-state index contributed by atoms with van der Waals surface area (Å²) in [4.78, 5) is 18.4. The second-order valence-corrected chi connectivity index (χ2v) is 5.03. The Morgan fingerprint density at radius 2 is 1.73 bits per heavy atom. The van der Waals surface area contributed by atoms with Crippen LogP contribution < -0.4 is 10.6 Å². The Labute approximate surface area is 148 Å². The molecular weight excluding hydrogens is 381 g/mol. The van der Waals surface area contributed by atoms with E-state index in [1.807, 2.05) is 0 Å². The lowest BCUT2D eigenvalue weighted by Crippen LogP contribution is -2.17. The molecule has 0 unspecified atom stereocenters. The van der Waals surface area contributed by atoms with Gasteiger partial charge >= 0.3 is 12.1 Å². The maximum atomic E-state index is 13.1. The zero-order chi connectivity index (χ0) is 19.5. The van der Waals surface area contributed by atoms with E-state index in [1.165, 1.54) is 24.3 Å². The molecule has 26 heavy (non-hydrogen) atoms. The first-order valence-electron chi connectivity index (χ1n) is 6.68. The summed E-state index contributed by atoms with van der Waals surface area (Å²) >= 11 is 5.54. The van der Waals surface area contributed by atoms with E-state index in [2.05, 4.69) is 20.6 Å². The summed E-state index contributed by atoms with van der Waals surface area (Å²) in [5, 5.41) is 30.6. The molecule has 0 aliphatic carbocycles. The third-order valence-electron chi connectivity index (χ3n) is 2.92. The van der Waals surface area contributed by atoms with Gasteiger partial charge in [0.2, 0.25) is 5.28 Å². The molecule has 138 valence electrons. The lowest BCUT2D eigenvalue weighted by molar-refractivity contribution is -0.137. The average Bonchev–Trinajstić information content (AvgIpc) is 2.54. The van der Waals surface area contributed by atoms with Crippen molar-refractivity contribution in [2.75, 3.05) is 10.6 Å². The molecule has 12 heteroatoms. The number of benzene rings is 1. The number of carbonyl (C=O) groups excluding carboxylic acids is 1. The number of hydrogen-bond acceptors (Lipinski definition) is 7. The first kappa shape index (κ1) is 19.1. The molecule has 0 fully saturated rings. The van der Waals surface area contributed by atoms with Crippen LogP contribution in [-0.4, -0.2) is 31.2 Å². The molecule has 2 aromatic rings. The SMILES string of the molecule is O=C(Nc1ccccc1Nc1nc(Cl)ncc1C(F)(F)F)C(O)=C(O)O. The molecule has 0 radical (unpaired) electrons. The van der Waals surface area contributed by atoms with E-state index in [0.717, 1.165) is 0 Å². The van der Waals surface area contributed by atoms with Crippen LogP contribution in [-0.2, 0) is 11.0 Å². The molecule has 1 heterocycles. The Balaban J connectivity index is 2.40. The van der Waals surface area contributed by atoms with Gasteiger partial charge in [-0.1, -0.05) is 12.1 Å². The largest absolute Gasteiger partial charge is 0.498 e. The Morgan fingerprint density at radius 3 is 2.31 bits per heavy atom. The Morgan fingerprint density at radius 1 is 1.12 bits per heavy atom. The molecule has 1 aromatic carbocycles. The van der Waals surface area contributed by atoms with Crippen LogP contribution in [0.2, 0.25) is 5.28 Å². The van der Waals surface area contributed by atoms with Gasteiger partial charge < -0.3 is 26.0 Å². The molecule has 0 bridgehead atoms. The van der Waals surface area contributed by atoms with Gasteiger partial charge in [-0.2, -0.15) is 18.2 Å². The second kappa shape index (κ2) is 7.35. The van der Waals surface area contributed by atoms with E-state index in [0.29, 0.717) is 6.20 Å². The molecule has 0 atom stereocenters. The molecule has 0 saturated carbocycles. The number of para-hydroxylation sites is 2. The zero-order valence-electron chi connectivity index (χ0n) is 12.5. The number of hydrogen-bond donors (Lipinski definition) is 5. The van der Waals surface area contributed by atoms with Crippen molar-refractivity contribution in [2.45, 2.75) is 6.18 Å². The number of aromatic nitrogens is 2. The van der Waals surface area contributed by atoms with Gasteiger partial charge in [-0.3, -0.25) is 4.79 Å². The van der Waals surface area contributed by atoms with Crippen molar-refractivity contribution >= 4 is 34.7 Å². The molecule has 0 aliphatic rings. The summed E-state index contributed by atoms with van der Waals surface area (Å²) in [5.74, 6) is -4.95. The monoisotopic (exact) mass is 390 g/mol. The molecule has 1 aromatic heterocycles. The van der Waals surface area contributed by atoms with E-state index in [4.69, 9.17) is 21.8 Å². The van der Waals surface area contributed by atoms with E-state index >= 15 is 0 Å². The van der Waals surface area contributed by atoms with Crippen LogP contribution in [0.3, 0.4) is 0 Å². The molecule has 0 aliphatic heterocycles. The predicted octanol–water partition coefficient (Wildman–Crippen LogP) is 3.67. The molecule has 8 nitrogen and oxygen atoms in total. The number of nitrogens with zero attached hydrogens (tertiary/aromatic N) is 2. The predicted molar refractivity (Wildman–Crippen MR) is 85.3 cm³/mol. The van der Waals surface area contributed by atoms with E-state index < -0.39 is 40.5 Å². The minimum Gasteiger partial charge on any atom is -0.498 e. The van der Waals surface area contributed by atoms with Crippen LogP contribution >= 0.6 is 11.6 Å². The number of nitrogens with one attached hydrogen (secondary N) is 2. The summed E-state index contributed by atoms with van der Waals surface area (Å²) in [5.41, 5.74) is -1.31. The third kappa shape index (κ3) is 4.45. The van der Waals surface area contributed by atoms with E-state index in [9.17, 15) is 23.1 Å². The van der Waals surface area contributed by atoms with Crippen LogP contribution in [0.4, 0.5) is 30.4 Å². The highest BCUT2D eigenvalue weighted by atomic mass is 35.5. The molecule has 0 saturated heterocycles. The maximum Gasteiger partial charge on any atom is 0.421 e. The highest BCUT2D eigenvalue weighted by Crippen LogP contribution is 2.36. The number of rotatable bonds is 4. The average molecular weight is 391 g/mol. The van der Waals surface area contributed by atoms with E-state index in [-0.39, 0.29) is 11.4 Å². The number of alkyl halides is 3. The Hall–Kier alpha value is -3.21. The summed E-state index contributed by atoms with van der Waals surface area (Å²) in [6.45, 7) is 0. The first-order valence-corrected chi connectivity index (χ1v) is 7.05. The Bertz CT molecular complexity index is 870. The normalized spacial score (nSPS) is 10.9. The van der Waals surface area contributed by atoms with Gasteiger partial charge in [0.15, 0.2) is 0 Å². The summed E-state index contributed by atoms with van der Waals surface area (Å²) < 4.78 is 39.2. The number of carbonyl (C=O) groups is 1. The maximum absolute atomic E-state index is 13.1. The smallest absolute Gasteiger partial charge is 0.421 e. The first-order chi connectivity index (χ1) is 12.1. The fraction of sp³-hybridized carbons (Fsp3) is 0.0714. The van der Waals surface area contributed by atoms with Crippen molar-refractivity contribution in [2.24, 2.45) is 0 Å². The lowest BCUT2D eigenvalue weighted by Gasteiger charge is -2.16. The number of halogens is 4. The molecule has 1 amide bonds. The van der Waals surface area contributed by atoms with Gasteiger partial charge in [0.1, 0.15) is 11.4 Å². The van der Waals surface area contributed by atoms with Gasteiger partial charge in [0.05, 0.1) is 11.4 Å². The van der Waals surface area contributed by atoms with Crippen molar-refractivity contribution in [1.82, 2.24) is 9.97 Å². The topological polar surface area (TPSA) is 128 Å². The fourth-order valence-electron chi connectivity index (χ4n) is 1.77. The summed E-state index contributed by atoms with van der Waals surface area (Å²) in [7, 11) is 0. The van der Waals surface area contributed by atoms with Crippen molar-refractivity contribution in [3.63, 3.8) is 0 Å². The minimum atomic E-state index is -4.77. The van der Waals surface area contributed by atoms with E-state index in [1.54, 1.807) is 0 Å². The van der Waals surface area contributed by atoms with Gasteiger partial charge in [0.25, 0.3) is 11.7 Å². The van der Waals surface area contributed by atoms with Crippen LogP contribution in [0.5, 0.6) is 0 Å². The van der Waals surface area contributed by atoms with Gasteiger partial charge in [-0.25, -0.2) is 4.98 Å². The number of anilines is 3. The summed E-state index contributed by atoms with van der Waals surface area (Å²) in [6, 6.07) is 5.49. The highest BCUT2D eigenvalue weighted by Gasteiger charge is 2.35. The van der Waals surface area contributed by atoms with Crippen LogP contribution in [0, 0.1) is 0 Å². The standard InChI is InChI=1S/C14H10ClF3N4O4/c15-13-19-5-6(14(16,17)18)10(22-13)20-7-3-1-2-4-8(7)21-11(24)9(23)12(25)26/h1-5,23,25-26H,(H,21,24)(H,19,20,22). The van der Waals surface area contributed by atoms with Crippen LogP contribution in [0.1, 0.15) is 5.56 Å². The number of aliphatic hydroxyl groups is 3. The quantitative estimate of drug-likeness (QED) is 0.306. The minimum absolute atomic E-state index is 0.0358. The third-order valence-corrected chi connectivity index (χ3v) is 3.10. The van der Waals surface area contributed by atoms with Crippen LogP contribution in [0.25, 0.3) is 0 Å². The number of aliphatic hydroxyl groups excluding tert-OH is 2.